The number of fused-ring (bicyclic) bond motifs is 2. The zero-order valence-corrected chi connectivity index (χ0v) is 23.2. The highest BCUT2D eigenvalue weighted by molar-refractivity contribution is 8.07. The summed E-state index contributed by atoms with van der Waals surface area (Å²) in [4.78, 5) is 37.0. The van der Waals surface area contributed by atoms with Gasteiger partial charge in [0.1, 0.15) is 24.6 Å². The fourth-order valence-corrected chi connectivity index (χ4v) is 6.14. The number of nitrogens with zero attached hydrogens (tertiary/aromatic N) is 9. The fraction of sp³-hybridized carbons (Fsp3) is 0.579. The molecule has 0 spiro atoms. The van der Waals surface area contributed by atoms with Gasteiger partial charge in [-0.1, -0.05) is 10.4 Å². The van der Waals surface area contributed by atoms with E-state index in [1.54, 1.807) is 0 Å². The number of ether oxygens (including phenoxy) is 2. The first kappa shape index (κ1) is 29.7. The number of nitrogens with one attached hydrogen (secondary N) is 1. The number of alkyl halides is 2. The highest BCUT2D eigenvalue weighted by Crippen LogP contribution is 2.51. The molecular weight excluding hydrogens is 625 g/mol. The Balaban J connectivity index is 1.19. The Hall–Kier alpha value is -3.41. The molecule has 24 heteroatoms. The Morgan fingerprint density at radius 1 is 1.07 bits per heavy atom. The van der Waals surface area contributed by atoms with Crippen molar-refractivity contribution in [2.24, 2.45) is 0 Å². The third-order valence-electron chi connectivity index (χ3n) is 6.75. The molecule has 2 aliphatic heterocycles. The van der Waals surface area contributed by atoms with Gasteiger partial charge in [-0.05, 0) is 18.2 Å². The predicted molar refractivity (Wildman–Crippen MR) is 141 cm³/mol. The van der Waals surface area contributed by atoms with Gasteiger partial charge >= 0.3 is 6.72 Å². The minimum atomic E-state index is -4.38. The van der Waals surface area contributed by atoms with Crippen LogP contribution in [-0.2, 0) is 30.3 Å². The molecule has 2 fully saturated rings. The molecule has 43 heavy (non-hydrogen) atoms. The lowest BCUT2D eigenvalue weighted by Gasteiger charge is -2.25. The lowest BCUT2D eigenvalue weighted by atomic mass is 10.1. The van der Waals surface area contributed by atoms with E-state index in [1.165, 1.54) is 0 Å². The van der Waals surface area contributed by atoms with Crippen LogP contribution in [0.1, 0.15) is 18.9 Å². The highest BCUT2D eigenvalue weighted by Gasteiger charge is 2.51. The van der Waals surface area contributed by atoms with E-state index >= 15 is 8.78 Å². The molecule has 6 rings (SSSR count). The second-order valence-corrected chi connectivity index (χ2v) is 12.3. The minimum absolute atomic E-state index is 0.00487. The molecule has 0 aliphatic carbocycles. The SMILES string of the molecule is Nc1nc2c(nnn2[C@@H]2O[C@H](CCO)[C@@H](F)[C@H]2OP(O)(=S)OC[C@H]2O[C@@H](n3nnc4c(N)ncnc43)[C@@H](F)[C@@H]2O)c(=O)[nH]1. The van der Waals surface area contributed by atoms with Crippen molar-refractivity contribution in [3.63, 3.8) is 0 Å². The van der Waals surface area contributed by atoms with E-state index in [2.05, 4.69) is 40.6 Å². The summed E-state index contributed by atoms with van der Waals surface area (Å²) >= 11 is 5.07. The van der Waals surface area contributed by atoms with Crippen molar-refractivity contribution < 1.29 is 42.4 Å². The van der Waals surface area contributed by atoms with Gasteiger partial charge in [-0.25, -0.2) is 18.7 Å². The van der Waals surface area contributed by atoms with E-state index in [4.69, 9.17) is 41.8 Å². The van der Waals surface area contributed by atoms with E-state index in [1.807, 2.05) is 0 Å². The fourth-order valence-electron chi connectivity index (χ4n) is 4.73. The van der Waals surface area contributed by atoms with Crippen LogP contribution in [0.15, 0.2) is 11.1 Å². The third-order valence-corrected chi connectivity index (χ3v) is 8.31. The molecule has 4 aromatic rings. The van der Waals surface area contributed by atoms with Crippen LogP contribution in [0.5, 0.6) is 0 Å². The Morgan fingerprint density at radius 3 is 2.51 bits per heavy atom. The van der Waals surface area contributed by atoms with Gasteiger partial charge in [0.15, 0.2) is 52.9 Å². The molecule has 232 valence electrons. The maximum atomic E-state index is 15.5. The van der Waals surface area contributed by atoms with Crippen molar-refractivity contribution in [2.75, 3.05) is 24.7 Å². The number of anilines is 2. The van der Waals surface area contributed by atoms with Gasteiger partial charge in [0, 0.05) is 6.61 Å². The minimum Gasteiger partial charge on any atom is -0.396 e. The van der Waals surface area contributed by atoms with Crippen molar-refractivity contribution in [3.05, 3.63) is 16.7 Å². The first-order valence-corrected chi connectivity index (χ1v) is 15.0. The van der Waals surface area contributed by atoms with E-state index in [-0.39, 0.29) is 40.5 Å². The number of rotatable bonds is 9. The van der Waals surface area contributed by atoms with Gasteiger partial charge in [0.25, 0.3) is 5.56 Å². The first-order valence-electron chi connectivity index (χ1n) is 12.4. The summed E-state index contributed by atoms with van der Waals surface area (Å²) in [6.07, 6.45) is -12.2. The van der Waals surface area contributed by atoms with Crippen molar-refractivity contribution in [3.8, 4) is 0 Å². The topological polar surface area (TPSA) is 283 Å². The highest BCUT2D eigenvalue weighted by atomic mass is 32.5. The average molecular weight is 649 g/mol. The maximum Gasteiger partial charge on any atom is 0.325 e. The normalized spacial score (nSPS) is 30.8. The molecule has 0 bridgehead atoms. The quantitative estimate of drug-likeness (QED) is 0.104. The maximum absolute atomic E-state index is 15.5. The molecule has 0 amide bonds. The number of halogens is 2. The summed E-state index contributed by atoms with van der Waals surface area (Å²) in [5, 5.41) is 34.9. The van der Waals surface area contributed by atoms with Crippen molar-refractivity contribution in [1.82, 2.24) is 49.9 Å². The number of aromatic amines is 1. The number of H-pyrrole nitrogens is 1. The van der Waals surface area contributed by atoms with Gasteiger partial charge in [0.05, 0.1) is 12.7 Å². The van der Waals surface area contributed by atoms with Crippen LogP contribution in [0.25, 0.3) is 22.3 Å². The van der Waals surface area contributed by atoms with Gasteiger partial charge in [0.2, 0.25) is 5.95 Å². The van der Waals surface area contributed by atoms with E-state index in [0.29, 0.717) is 0 Å². The lowest BCUT2D eigenvalue weighted by molar-refractivity contribution is -0.0578. The number of aliphatic hydroxyl groups is 2. The van der Waals surface area contributed by atoms with Crippen LogP contribution in [0.2, 0.25) is 0 Å². The Kier molecular flexibility index (Phi) is 7.76. The van der Waals surface area contributed by atoms with Crippen LogP contribution >= 0.6 is 6.72 Å². The second kappa shape index (κ2) is 11.3. The molecule has 20 nitrogen and oxygen atoms in total. The Bertz CT molecular complexity index is 1760. The van der Waals surface area contributed by atoms with Crippen molar-refractivity contribution in [1.29, 1.82) is 0 Å². The molecule has 4 aromatic heterocycles. The molecule has 0 saturated carbocycles. The Morgan fingerprint density at radius 2 is 1.77 bits per heavy atom. The van der Waals surface area contributed by atoms with Crippen LogP contribution in [-0.4, -0.2) is 115 Å². The number of aliphatic hydroxyl groups excluding tert-OH is 2. The lowest BCUT2D eigenvalue weighted by Crippen LogP contribution is -2.33. The number of nitrogens with two attached hydrogens (primary N) is 2. The number of nitrogen functional groups attached to an aromatic ring is 2. The van der Waals surface area contributed by atoms with E-state index in [0.717, 1.165) is 15.7 Å². The molecule has 2 saturated heterocycles. The molecule has 9 atom stereocenters. The van der Waals surface area contributed by atoms with Gasteiger partial charge in [-0.2, -0.15) is 14.3 Å². The Labute approximate surface area is 242 Å². The van der Waals surface area contributed by atoms with Crippen molar-refractivity contribution >= 4 is 52.6 Å². The summed E-state index contributed by atoms with van der Waals surface area (Å²) in [7, 11) is 0. The summed E-state index contributed by atoms with van der Waals surface area (Å²) < 4.78 is 54.5. The zero-order chi connectivity index (χ0) is 30.6. The molecule has 8 N–H and O–H groups in total. The van der Waals surface area contributed by atoms with Crippen molar-refractivity contribution in [2.45, 2.75) is 55.6 Å². The summed E-state index contributed by atoms with van der Waals surface area (Å²) in [6.45, 7) is -5.53. The first-order chi connectivity index (χ1) is 20.5. The molecular formula is C19H23F2N12O8PS. The number of aromatic nitrogens is 10. The smallest absolute Gasteiger partial charge is 0.325 e. The monoisotopic (exact) mass is 648 g/mol. The zero-order valence-electron chi connectivity index (χ0n) is 21.5. The standard InChI is InChI=1S/C19H23F2N12O8PS/c20-7-5(1-2-34)39-18(33-15-10(29-31-33)16(36)27-19(23)26-15)12(7)41-42(37,43)38-3-6-11(35)8(21)17(40-6)32-14-9(28-30-32)13(22)24-4-25-14/h4-8,11-12,17-18,34-35H,1-3H2,(H,37,43)(H2,22,24,25)(H3,23,26,27,36)/t5-,6-,7-,8+,11-,12-,17-,18-,42?/m1/s1. The average Bonchev–Trinajstić information content (AvgIpc) is 3.71. The van der Waals surface area contributed by atoms with Gasteiger partial charge in [-0.3, -0.25) is 14.3 Å². The molecule has 2 aliphatic rings. The van der Waals surface area contributed by atoms with Crippen LogP contribution in [0.3, 0.4) is 0 Å². The largest absolute Gasteiger partial charge is 0.396 e. The van der Waals surface area contributed by atoms with Gasteiger partial charge < -0.3 is 40.6 Å². The van der Waals surface area contributed by atoms with Crippen LogP contribution < -0.4 is 17.0 Å². The molecule has 1 unspecified atom stereocenters. The molecule has 6 heterocycles. The molecule has 0 aromatic carbocycles. The third kappa shape index (κ3) is 5.32. The predicted octanol–water partition coefficient (Wildman–Crippen LogP) is -2.25. The van der Waals surface area contributed by atoms with Crippen LogP contribution in [0, 0.1) is 0 Å². The number of hydrogen-bond donors (Lipinski definition) is 6. The molecule has 0 radical (unpaired) electrons. The number of hydrogen-bond acceptors (Lipinski definition) is 17. The van der Waals surface area contributed by atoms with E-state index in [9.17, 15) is 19.9 Å². The van der Waals surface area contributed by atoms with E-state index < -0.39 is 74.7 Å². The van der Waals surface area contributed by atoms with Gasteiger partial charge in [-0.15, -0.1) is 10.2 Å². The summed E-state index contributed by atoms with van der Waals surface area (Å²) in [5.74, 6) is -0.292. The summed E-state index contributed by atoms with van der Waals surface area (Å²) in [6, 6.07) is 0. The summed E-state index contributed by atoms with van der Waals surface area (Å²) in [5.41, 5.74) is 10.3. The second-order valence-electron chi connectivity index (χ2n) is 9.48. The van der Waals surface area contributed by atoms with Crippen LogP contribution in [0.4, 0.5) is 20.5 Å².